The Hall–Kier alpha value is -2.14. The van der Waals surface area contributed by atoms with E-state index in [-0.39, 0.29) is 11.9 Å². The number of amides is 1. The van der Waals surface area contributed by atoms with Gasteiger partial charge in [0.15, 0.2) is 0 Å². The summed E-state index contributed by atoms with van der Waals surface area (Å²) in [6, 6.07) is 9.91. The lowest BCUT2D eigenvalue weighted by atomic mass is 9.84. The molecule has 1 fully saturated rings. The Labute approximate surface area is 146 Å². The number of pyridine rings is 2. The zero-order chi connectivity index (χ0) is 16.9. The Balaban J connectivity index is 1.48. The van der Waals surface area contributed by atoms with Crippen LogP contribution in [0.2, 0.25) is 5.15 Å². The fourth-order valence-electron chi connectivity index (χ4n) is 3.54. The molecule has 1 aliphatic carbocycles. The predicted octanol–water partition coefficient (Wildman–Crippen LogP) is 3.40. The maximum atomic E-state index is 12.9. The van der Waals surface area contributed by atoms with E-state index in [1.54, 1.807) is 12.3 Å². The molecule has 5 nitrogen and oxygen atoms in total. The molecule has 0 aromatic carbocycles. The molecule has 3 heterocycles. The number of nitrogens with one attached hydrogen (secondary N) is 1. The number of hydrogen-bond acceptors (Lipinski definition) is 4. The lowest BCUT2D eigenvalue weighted by molar-refractivity contribution is -0.122. The summed E-state index contributed by atoms with van der Waals surface area (Å²) in [7, 11) is 0. The van der Waals surface area contributed by atoms with Crippen molar-refractivity contribution in [1.29, 1.82) is 0 Å². The average molecular weight is 343 g/mol. The molecule has 6 heteroatoms. The number of hydrogen-bond donors (Lipinski definition) is 1. The van der Waals surface area contributed by atoms with Crippen molar-refractivity contribution in [1.82, 2.24) is 9.97 Å². The van der Waals surface area contributed by atoms with Crippen molar-refractivity contribution in [3.8, 4) is 0 Å². The number of anilines is 2. The van der Waals surface area contributed by atoms with Gasteiger partial charge in [0.1, 0.15) is 16.8 Å². The Kier molecular flexibility index (Phi) is 3.49. The van der Waals surface area contributed by atoms with E-state index in [0.29, 0.717) is 11.2 Å². The highest BCUT2D eigenvalue weighted by molar-refractivity contribution is 6.29. The van der Waals surface area contributed by atoms with E-state index in [0.717, 1.165) is 30.0 Å². The second-order valence-electron chi connectivity index (χ2n) is 6.99. The van der Waals surface area contributed by atoms with Gasteiger partial charge in [0.05, 0.1) is 5.41 Å². The fourth-order valence-corrected chi connectivity index (χ4v) is 3.71. The third-order valence-corrected chi connectivity index (χ3v) is 5.20. The molecule has 2 aliphatic rings. The molecule has 1 N–H and O–H groups in total. The van der Waals surface area contributed by atoms with Crippen molar-refractivity contribution in [2.45, 2.75) is 44.2 Å². The highest BCUT2D eigenvalue weighted by atomic mass is 35.5. The predicted molar refractivity (Wildman–Crippen MR) is 94.4 cm³/mol. The van der Waals surface area contributed by atoms with Gasteiger partial charge in [0.2, 0.25) is 5.91 Å². The summed E-state index contributed by atoms with van der Waals surface area (Å²) in [5, 5.41) is 3.86. The molecule has 124 valence electrons. The monoisotopic (exact) mass is 342 g/mol. The average Bonchev–Trinajstić information content (AvgIpc) is 2.71. The Bertz CT molecular complexity index is 801. The molecule has 0 bridgehead atoms. The van der Waals surface area contributed by atoms with Gasteiger partial charge in [-0.1, -0.05) is 23.7 Å². The summed E-state index contributed by atoms with van der Waals surface area (Å²) in [6.45, 7) is 3.94. The van der Waals surface area contributed by atoms with Gasteiger partial charge in [-0.2, -0.15) is 0 Å². The van der Waals surface area contributed by atoms with Gasteiger partial charge in [-0.3, -0.25) is 9.69 Å². The number of carbonyl (C=O) groups is 1. The van der Waals surface area contributed by atoms with Crippen LogP contribution in [0.3, 0.4) is 0 Å². The van der Waals surface area contributed by atoms with Crippen molar-refractivity contribution >= 4 is 29.1 Å². The molecule has 0 atom stereocenters. The molecule has 0 saturated heterocycles. The Morgan fingerprint density at radius 2 is 2.04 bits per heavy atom. The van der Waals surface area contributed by atoms with E-state index in [9.17, 15) is 4.79 Å². The number of carbonyl (C=O) groups excluding carboxylic acids is 1. The van der Waals surface area contributed by atoms with Crippen LogP contribution in [0, 0.1) is 0 Å². The first kappa shape index (κ1) is 15.4. The number of fused-ring (bicyclic) bond motifs is 1. The van der Waals surface area contributed by atoms with Crippen LogP contribution in [0.25, 0.3) is 0 Å². The summed E-state index contributed by atoms with van der Waals surface area (Å²) in [6.07, 6.45) is 3.52. The van der Waals surface area contributed by atoms with Crippen LogP contribution in [-0.4, -0.2) is 28.0 Å². The molecular weight excluding hydrogens is 324 g/mol. The quantitative estimate of drug-likeness (QED) is 0.868. The lowest BCUT2D eigenvalue weighted by Gasteiger charge is -2.41. The molecule has 2 aromatic heterocycles. The van der Waals surface area contributed by atoms with Crippen molar-refractivity contribution < 1.29 is 4.79 Å². The molecule has 1 saturated carbocycles. The smallest absolute Gasteiger partial charge is 0.238 e. The van der Waals surface area contributed by atoms with Crippen LogP contribution < -0.4 is 10.2 Å². The Morgan fingerprint density at radius 3 is 2.79 bits per heavy atom. The highest BCUT2D eigenvalue weighted by Gasteiger charge is 2.50. The number of nitrogens with zero attached hydrogens (tertiary/aromatic N) is 3. The molecule has 2 aromatic rings. The number of rotatable bonds is 3. The second-order valence-corrected chi connectivity index (χ2v) is 7.37. The van der Waals surface area contributed by atoms with E-state index < -0.39 is 5.41 Å². The largest absolute Gasteiger partial charge is 0.367 e. The summed E-state index contributed by atoms with van der Waals surface area (Å²) >= 11 is 5.92. The number of aromatic nitrogens is 2. The third kappa shape index (κ3) is 2.35. The van der Waals surface area contributed by atoms with E-state index in [2.05, 4.69) is 15.3 Å². The number of halogens is 1. The lowest BCUT2D eigenvalue weighted by Crippen LogP contribution is -2.53. The van der Waals surface area contributed by atoms with Gasteiger partial charge in [-0.25, -0.2) is 9.97 Å². The minimum absolute atomic E-state index is 0.139. The molecule has 0 radical (unpaired) electrons. The van der Waals surface area contributed by atoms with Crippen molar-refractivity contribution in [3.63, 3.8) is 0 Å². The molecule has 24 heavy (non-hydrogen) atoms. The van der Waals surface area contributed by atoms with Crippen molar-refractivity contribution in [3.05, 3.63) is 47.2 Å². The van der Waals surface area contributed by atoms with Crippen molar-refractivity contribution in [2.75, 3.05) is 10.2 Å². The summed E-state index contributed by atoms with van der Waals surface area (Å²) in [5.74, 6) is 1.73. The second kappa shape index (κ2) is 5.45. The van der Waals surface area contributed by atoms with Gasteiger partial charge < -0.3 is 5.32 Å². The maximum absolute atomic E-state index is 12.9. The molecule has 4 rings (SSSR count). The first-order valence-corrected chi connectivity index (χ1v) is 8.53. The van der Waals surface area contributed by atoms with E-state index in [1.807, 2.05) is 43.0 Å². The SMILES string of the molecule is CC1(C)C(=O)N(C2CC(Nc3cccc(Cl)n3)C2)c2ncccc21. The first-order valence-electron chi connectivity index (χ1n) is 8.15. The zero-order valence-corrected chi connectivity index (χ0v) is 14.4. The minimum Gasteiger partial charge on any atom is -0.367 e. The maximum Gasteiger partial charge on any atom is 0.238 e. The van der Waals surface area contributed by atoms with Crippen LogP contribution in [0.1, 0.15) is 32.3 Å². The standard InChI is InChI=1S/C18H19ClN4O/c1-18(2)13-5-4-8-20-16(13)23(17(18)24)12-9-11(10-12)21-15-7-3-6-14(19)22-15/h3-8,11-12H,9-10H2,1-2H3,(H,21,22). The topological polar surface area (TPSA) is 58.1 Å². The molecule has 1 amide bonds. The first-order chi connectivity index (χ1) is 11.5. The van der Waals surface area contributed by atoms with Gasteiger partial charge in [-0.05, 0) is 44.9 Å². The van der Waals surface area contributed by atoms with Gasteiger partial charge in [-0.15, -0.1) is 0 Å². The van der Waals surface area contributed by atoms with Crippen LogP contribution >= 0.6 is 11.6 Å². The fraction of sp³-hybridized carbons (Fsp3) is 0.389. The summed E-state index contributed by atoms with van der Waals surface area (Å²) in [5.41, 5.74) is 0.513. The summed E-state index contributed by atoms with van der Waals surface area (Å²) < 4.78 is 0. The van der Waals surface area contributed by atoms with Gasteiger partial charge >= 0.3 is 0 Å². The zero-order valence-electron chi connectivity index (χ0n) is 13.7. The van der Waals surface area contributed by atoms with Crippen LogP contribution in [0.4, 0.5) is 11.6 Å². The van der Waals surface area contributed by atoms with Crippen LogP contribution in [-0.2, 0) is 10.2 Å². The molecular formula is C18H19ClN4O. The van der Waals surface area contributed by atoms with Gasteiger partial charge in [0.25, 0.3) is 0 Å². The van der Waals surface area contributed by atoms with Crippen LogP contribution in [0.5, 0.6) is 0 Å². The Morgan fingerprint density at radius 1 is 1.25 bits per heavy atom. The molecule has 0 unspecified atom stereocenters. The third-order valence-electron chi connectivity index (χ3n) is 4.99. The van der Waals surface area contributed by atoms with E-state index in [4.69, 9.17) is 11.6 Å². The van der Waals surface area contributed by atoms with Crippen molar-refractivity contribution in [2.24, 2.45) is 0 Å². The summed E-state index contributed by atoms with van der Waals surface area (Å²) in [4.78, 5) is 23.5. The van der Waals surface area contributed by atoms with Gasteiger partial charge in [0, 0.05) is 23.8 Å². The normalized spacial score (nSPS) is 24.5. The highest BCUT2D eigenvalue weighted by Crippen LogP contribution is 2.44. The minimum atomic E-state index is -0.503. The molecule has 0 spiro atoms. The van der Waals surface area contributed by atoms with E-state index >= 15 is 0 Å². The van der Waals surface area contributed by atoms with Crippen LogP contribution in [0.15, 0.2) is 36.5 Å². The molecule has 1 aliphatic heterocycles. The van der Waals surface area contributed by atoms with E-state index in [1.165, 1.54) is 0 Å².